The van der Waals surface area contributed by atoms with E-state index in [-0.39, 0.29) is 6.04 Å². The molecule has 2 rings (SSSR count). The van der Waals surface area contributed by atoms with E-state index in [0.717, 1.165) is 36.6 Å². The van der Waals surface area contributed by atoms with Crippen LogP contribution in [0.3, 0.4) is 0 Å². The highest BCUT2D eigenvalue weighted by molar-refractivity contribution is 6.31. The van der Waals surface area contributed by atoms with Crippen molar-refractivity contribution in [2.75, 3.05) is 33.7 Å². The van der Waals surface area contributed by atoms with Gasteiger partial charge in [0.2, 0.25) is 0 Å². The lowest BCUT2D eigenvalue weighted by Crippen LogP contribution is -2.51. The molecule has 4 nitrogen and oxygen atoms in total. The van der Waals surface area contributed by atoms with Gasteiger partial charge in [-0.15, -0.1) is 0 Å². The lowest BCUT2D eigenvalue weighted by molar-refractivity contribution is 0.101. The largest absolute Gasteiger partial charge is 0.304 e. The molecule has 3 N–H and O–H groups in total. The van der Waals surface area contributed by atoms with Crippen molar-refractivity contribution in [3.05, 3.63) is 34.9 Å². The number of hydrogen-bond acceptors (Lipinski definition) is 4. The summed E-state index contributed by atoms with van der Waals surface area (Å²) in [5, 5.41) is 0.775. The second-order valence-corrected chi connectivity index (χ2v) is 5.78. The molecule has 1 aromatic rings. The molecule has 0 saturated carbocycles. The van der Waals surface area contributed by atoms with Gasteiger partial charge in [0.1, 0.15) is 0 Å². The van der Waals surface area contributed by atoms with Crippen LogP contribution in [-0.4, -0.2) is 49.6 Å². The van der Waals surface area contributed by atoms with Gasteiger partial charge in [0.25, 0.3) is 0 Å². The smallest absolute Gasteiger partial charge is 0.0490 e. The Labute approximate surface area is 120 Å². The van der Waals surface area contributed by atoms with Crippen LogP contribution in [0.1, 0.15) is 18.0 Å². The zero-order valence-electron chi connectivity index (χ0n) is 11.6. The first-order chi connectivity index (χ1) is 9.11. The summed E-state index contributed by atoms with van der Waals surface area (Å²) in [7, 11) is 4.35. The topological polar surface area (TPSA) is 44.5 Å². The molecule has 1 heterocycles. The van der Waals surface area contributed by atoms with Crippen LogP contribution in [0.25, 0.3) is 0 Å². The minimum absolute atomic E-state index is 0.0904. The van der Waals surface area contributed by atoms with Crippen molar-refractivity contribution >= 4 is 11.6 Å². The normalized spacial score (nSPS) is 23.5. The summed E-state index contributed by atoms with van der Waals surface area (Å²) in [6.07, 6.45) is 0.959. The number of nitrogens with zero attached hydrogens (tertiary/aromatic N) is 2. The Bertz CT molecular complexity index is 412. The number of halogens is 1. The molecule has 0 aromatic heterocycles. The lowest BCUT2D eigenvalue weighted by atomic mass is 9.97. The van der Waals surface area contributed by atoms with Gasteiger partial charge < -0.3 is 9.80 Å². The number of likely N-dealkylation sites (N-methyl/N-ethyl adjacent to an activating group) is 2. The molecule has 5 heteroatoms. The Morgan fingerprint density at radius 1 is 1.37 bits per heavy atom. The maximum Gasteiger partial charge on any atom is 0.0490 e. The molecule has 0 amide bonds. The van der Waals surface area contributed by atoms with Crippen LogP contribution in [0.2, 0.25) is 5.02 Å². The highest BCUT2D eigenvalue weighted by Gasteiger charge is 2.26. The Kier molecular flexibility index (Phi) is 5.19. The summed E-state index contributed by atoms with van der Waals surface area (Å²) in [6, 6.07) is 8.49. The van der Waals surface area contributed by atoms with Gasteiger partial charge in [-0.3, -0.25) is 11.3 Å². The molecule has 0 bridgehead atoms. The van der Waals surface area contributed by atoms with Crippen LogP contribution in [0.4, 0.5) is 0 Å². The Morgan fingerprint density at radius 2 is 2.11 bits per heavy atom. The average Bonchev–Trinajstić information content (AvgIpc) is 2.41. The number of nitrogens with two attached hydrogens (primary N) is 1. The summed E-state index contributed by atoms with van der Waals surface area (Å²) in [4.78, 5) is 4.77. The summed E-state index contributed by atoms with van der Waals surface area (Å²) in [5.74, 6) is 5.73. The average molecular weight is 283 g/mol. The van der Waals surface area contributed by atoms with E-state index in [0.29, 0.717) is 6.04 Å². The molecule has 19 heavy (non-hydrogen) atoms. The van der Waals surface area contributed by atoms with Gasteiger partial charge in [-0.05, 0) is 32.1 Å². The molecule has 0 aliphatic carbocycles. The van der Waals surface area contributed by atoms with E-state index in [1.807, 2.05) is 24.3 Å². The van der Waals surface area contributed by atoms with Crippen LogP contribution in [0.15, 0.2) is 24.3 Å². The molecular weight excluding hydrogens is 260 g/mol. The third kappa shape index (κ3) is 3.68. The molecule has 2 unspecified atom stereocenters. The van der Waals surface area contributed by atoms with Crippen LogP contribution >= 0.6 is 11.6 Å². The summed E-state index contributed by atoms with van der Waals surface area (Å²) in [6.45, 7) is 3.29. The zero-order valence-corrected chi connectivity index (χ0v) is 12.4. The van der Waals surface area contributed by atoms with Crippen molar-refractivity contribution in [2.45, 2.75) is 18.5 Å². The van der Waals surface area contributed by atoms with Gasteiger partial charge in [0, 0.05) is 36.7 Å². The number of piperazine rings is 1. The van der Waals surface area contributed by atoms with Crippen LogP contribution in [-0.2, 0) is 0 Å². The van der Waals surface area contributed by atoms with Gasteiger partial charge in [-0.2, -0.15) is 0 Å². The van der Waals surface area contributed by atoms with E-state index in [2.05, 4.69) is 29.3 Å². The van der Waals surface area contributed by atoms with E-state index in [1.165, 1.54) is 0 Å². The quantitative estimate of drug-likeness (QED) is 0.649. The van der Waals surface area contributed by atoms with Gasteiger partial charge in [-0.1, -0.05) is 29.8 Å². The molecular formula is C14H23ClN4. The Hall–Kier alpha value is -0.650. The van der Waals surface area contributed by atoms with Crippen LogP contribution in [0.5, 0.6) is 0 Å². The Morgan fingerprint density at radius 3 is 2.79 bits per heavy atom. The monoisotopic (exact) mass is 282 g/mol. The molecule has 1 aliphatic heterocycles. The summed E-state index contributed by atoms with van der Waals surface area (Å²) in [5.41, 5.74) is 3.99. The molecule has 106 valence electrons. The second kappa shape index (κ2) is 6.68. The third-order valence-electron chi connectivity index (χ3n) is 3.97. The number of hydrazine groups is 1. The first-order valence-electron chi connectivity index (χ1n) is 6.71. The number of benzene rings is 1. The maximum absolute atomic E-state index is 6.26. The van der Waals surface area contributed by atoms with Crippen LogP contribution < -0.4 is 11.3 Å². The van der Waals surface area contributed by atoms with Crippen LogP contribution in [0, 0.1) is 0 Å². The van der Waals surface area contributed by atoms with Crippen molar-refractivity contribution in [3.8, 4) is 0 Å². The standard InChI is InChI=1S/C14H23ClN4/c1-18-7-8-19(2)11(10-18)9-14(17-16)12-5-3-4-6-13(12)15/h3-6,11,14,17H,7-10,16H2,1-2H3. The maximum atomic E-state index is 6.26. The predicted octanol–water partition coefficient (Wildman–Crippen LogP) is 1.48. The van der Waals surface area contributed by atoms with Crippen molar-refractivity contribution in [1.29, 1.82) is 0 Å². The molecule has 0 spiro atoms. The fourth-order valence-corrected chi connectivity index (χ4v) is 2.94. The van der Waals surface area contributed by atoms with Gasteiger partial charge in [0.05, 0.1) is 0 Å². The molecule has 1 saturated heterocycles. The molecule has 0 radical (unpaired) electrons. The minimum atomic E-state index is 0.0904. The van der Waals surface area contributed by atoms with Crippen molar-refractivity contribution in [3.63, 3.8) is 0 Å². The fraction of sp³-hybridized carbons (Fsp3) is 0.571. The van der Waals surface area contributed by atoms with Crippen molar-refractivity contribution < 1.29 is 0 Å². The lowest BCUT2D eigenvalue weighted by Gasteiger charge is -2.39. The van der Waals surface area contributed by atoms with E-state index in [4.69, 9.17) is 17.4 Å². The van der Waals surface area contributed by atoms with E-state index in [1.54, 1.807) is 0 Å². The Balaban J connectivity index is 2.08. The van der Waals surface area contributed by atoms with E-state index < -0.39 is 0 Å². The highest BCUT2D eigenvalue weighted by Crippen LogP contribution is 2.27. The molecule has 2 atom stereocenters. The summed E-state index contributed by atoms with van der Waals surface area (Å²) >= 11 is 6.26. The molecule has 1 aromatic carbocycles. The first kappa shape index (κ1) is 14.8. The van der Waals surface area contributed by atoms with Crippen molar-refractivity contribution in [1.82, 2.24) is 15.2 Å². The van der Waals surface area contributed by atoms with Gasteiger partial charge >= 0.3 is 0 Å². The highest BCUT2D eigenvalue weighted by atomic mass is 35.5. The van der Waals surface area contributed by atoms with E-state index in [9.17, 15) is 0 Å². The fourth-order valence-electron chi connectivity index (χ4n) is 2.67. The van der Waals surface area contributed by atoms with Gasteiger partial charge in [-0.25, -0.2) is 0 Å². The van der Waals surface area contributed by atoms with Crippen molar-refractivity contribution in [2.24, 2.45) is 5.84 Å². The number of hydrogen-bond donors (Lipinski definition) is 2. The minimum Gasteiger partial charge on any atom is -0.304 e. The predicted molar refractivity (Wildman–Crippen MR) is 80.0 cm³/mol. The number of rotatable bonds is 4. The summed E-state index contributed by atoms with van der Waals surface area (Å²) < 4.78 is 0. The van der Waals surface area contributed by atoms with Gasteiger partial charge in [0.15, 0.2) is 0 Å². The molecule has 1 aliphatic rings. The SMILES string of the molecule is CN1CCN(C)C(CC(NN)c2ccccc2Cl)C1. The first-order valence-corrected chi connectivity index (χ1v) is 7.09. The van der Waals surface area contributed by atoms with E-state index >= 15 is 0 Å². The zero-order chi connectivity index (χ0) is 13.8. The molecule has 1 fully saturated rings. The number of nitrogens with one attached hydrogen (secondary N) is 1. The third-order valence-corrected chi connectivity index (χ3v) is 4.31. The second-order valence-electron chi connectivity index (χ2n) is 5.37.